The maximum atomic E-state index is 13.0. The van der Waals surface area contributed by atoms with Gasteiger partial charge in [-0.1, -0.05) is 17.2 Å². The van der Waals surface area contributed by atoms with Gasteiger partial charge in [0.25, 0.3) is 0 Å². The fourth-order valence-corrected chi connectivity index (χ4v) is 1.37. The molecule has 0 fully saturated rings. The zero-order valence-electron chi connectivity index (χ0n) is 8.86. The van der Waals surface area contributed by atoms with Crippen LogP contribution in [-0.2, 0) is 0 Å². The number of aliphatic hydroxyl groups is 2. The van der Waals surface area contributed by atoms with E-state index in [4.69, 9.17) is 5.53 Å². The van der Waals surface area contributed by atoms with E-state index in [0.717, 1.165) is 6.07 Å². The molecule has 92 valence electrons. The number of phenols is 1. The number of aromatic hydroxyl groups is 1. The van der Waals surface area contributed by atoms with E-state index >= 15 is 0 Å². The molecule has 0 radical (unpaired) electrons. The van der Waals surface area contributed by atoms with Gasteiger partial charge in [-0.25, -0.2) is 4.39 Å². The smallest absolute Gasteiger partial charge is 0.165 e. The Morgan fingerprint density at radius 2 is 2.12 bits per heavy atom. The van der Waals surface area contributed by atoms with Crippen molar-refractivity contribution in [3.8, 4) is 5.75 Å². The summed E-state index contributed by atoms with van der Waals surface area (Å²) in [7, 11) is 0. The van der Waals surface area contributed by atoms with Gasteiger partial charge < -0.3 is 15.3 Å². The molecule has 2 unspecified atom stereocenters. The Bertz CT molecular complexity index is 435. The topological polar surface area (TPSA) is 109 Å². The minimum Gasteiger partial charge on any atom is -0.505 e. The summed E-state index contributed by atoms with van der Waals surface area (Å²) < 4.78 is 13.0. The van der Waals surface area contributed by atoms with Gasteiger partial charge in [-0.2, -0.15) is 0 Å². The molecular formula is C10H12FN3O3. The zero-order valence-corrected chi connectivity index (χ0v) is 8.86. The van der Waals surface area contributed by atoms with Crippen LogP contribution in [0, 0.1) is 5.82 Å². The molecule has 0 aliphatic rings. The molecule has 6 nitrogen and oxygen atoms in total. The highest BCUT2D eigenvalue weighted by Crippen LogP contribution is 2.29. The van der Waals surface area contributed by atoms with E-state index in [1.165, 1.54) is 12.1 Å². The van der Waals surface area contributed by atoms with Crippen LogP contribution in [0.2, 0.25) is 0 Å². The van der Waals surface area contributed by atoms with Gasteiger partial charge in [-0.05, 0) is 18.0 Å². The quantitative estimate of drug-likeness (QED) is 0.414. The van der Waals surface area contributed by atoms with Crippen molar-refractivity contribution in [2.75, 3.05) is 6.54 Å². The van der Waals surface area contributed by atoms with E-state index < -0.39 is 23.8 Å². The van der Waals surface area contributed by atoms with Crippen molar-refractivity contribution in [3.05, 3.63) is 40.0 Å². The second-order valence-corrected chi connectivity index (χ2v) is 3.43. The first kappa shape index (κ1) is 13.2. The minimum atomic E-state index is -1.43. The SMILES string of the molecule is [N-]=[N+]=NCCC(O)C(O)c1cccc(F)c1O. The third-order valence-electron chi connectivity index (χ3n) is 2.29. The summed E-state index contributed by atoms with van der Waals surface area (Å²) in [6.07, 6.45) is -2.66. The molecule has 0 heterocycles. The number of hydrogen-bond acceptors (Lipinski definition) is 4. The van der Waals surface area contributed by atoms with E-state index in [2.05, 4.69) is 10.0 Å². The van der Waals surface area contributed by atoms with Gasteiger partial charge in [-0.3, -0.25) is 0 Å². The molecule has 0 spiro atoms. The summed E-state index contributed by atoms with van der Waals surface area (Å²) in [4.78, 5) is 2.49. The summed E-state index contributed by atoms with van der Waals surface area (Å²) in [6, 6.07) is 3.66. The number of rotatable bonds is 5. The molecule has 2 atom stereocenters. The summed E-state index contributed by atoms with van der Waals surface area (Å²) >= 11 is 0. The monoisotopic (exact) mass is 241 g/mol. The molecule has 0 bridgehead atoms. The number of nitrogens with zero attached hydrogens (tertiary/aromatic N) is 3. The lowest BCUT2D eigenvalue weighted by Crippen LogP contribution is -2.19. The van der Waals surface area contributed by atoms with Crippen LogP contribution < -0.4 is 0 Å². The number of azide groups is 1. The lowest BCUT2D eigenvalue weighted by atomic mass is 10.0. The van der Waals surface area contributed by atoms with Gasteiger partial charge in [0.2, 0.25) is 0 Å². The highest BCUT2D eigenvalue weighted by molar-refractivity contribution is 5.35. The number of hydrogen-bond donors (Lipinski definition) is 3. The molecule has 0 saturated heterocycles. The van der Waals surface area contributed by atoms with Crippen LogP contribution in [-0.4, -0.2) is 28.0 Å². The summed E-state index contributed by atoms with van der Waals surface area (Å²) in [5.41, 5.74) is 7.94. The van der Waals surface area contributed by atoms with Crippen LogP contribution in [0.4, 0.5) is 4.39 Å². The van der Waals surface area contributed by atoms with Crippen LogP contribution in [0.25, 0.3) is 10.4 Å². The number of benzene rings is 1. The average molecular weight is 241 g/mol. The number of phenolic OH excluding ortho intramolecular Hbond substituents is 1. The van der Waals surface area contributed by atoms with Gasteiger partial charge >= 0.3 is 0 Å². The van der Waals surface area contributed by atoms with Crippen molar-refractivity contribution in [2.45, 2.75) is 18.6 Å². The van der Waals surface area contributed by atoms with Crippen molar-refractivity contribution in [2.24, 2.45) is 5.11 Å². The van der Waals surface area contributed by atoms with E-state index in [9.17, 15) is 19.7 Å². The highest BCUT2D eigenvalue weighted by atomic mass is 19.1. The normalized spacial score (nSPS) is 13.8. The van der Waals surface area contributed by atoms with Gasteiger partial charge in [0.15, 0.2) is 11.6 Å². The standard InChI is InChI=1S/C10H12FN3O3/c11-7-3-1-2-6(9(7)16)10(17)8(15)4-5-13-14-12/h1-3,8,10,15-17H,4-5H2. The van der Waals surface area contributed by atoms with Crippen LogP contribution in [0.15, 0.2) is 23.3 Å². The van der Waals surface area contributed by atoms with Crippen molar-refractivity contribution < 1.29 is 19.7 Å². The van der Waals surface area contributed by atoms with Gasteiger partial charge in [0.1, 0.15) is 6.10 Å². The maximum Gasteiger partial charge on any atom is 0.165 e. The van der Waals surface area contributed by atoms with Crippen LogP contribution >= 0.6 is 0 Å². The molecule has 0 saturated carbocycles. The van der Waals surface area contributed by atoms with Crippen molar-refractivity contribution in [1.29, 1.82) is 0 Å². The maximum absolute atomic E-state index is 13.0. The van der Waals surface area contributed by atoms with Gasteiger partial charge in [-0.15, -0.1) is 0 Å². The molecule has 1 aromatic rings. The molecule has 7 heteroatoms. The summed E-state index contributed by atoms with van der Waals surface area (Å²) in [6.45, 7) is 0.00477. The lowest BCUT2D eigenvalue weighted by molar-refractivity contribution is 0.0134. The minimum absolute atomic E-state index is 0.00477. The molecule has 3 N–H and O–H groups in total. The Balaban J connectivity index is 2.77. The van der Waals surface area contributed by atoms with E-state index in [0.29, 0.717) is 0 Å². The predicted molar refractivity (Wildman–Crippen MR) is 57.7 cm³/mol. The third kappa shape index (κ3) is 3.32. The predicted octanol–water partition coefficient (Wildman–Crippen LogP) is 1.63. The largest absolute Gasteiger partial charge is 0.505 e. The molecule has 1 aromatic carbocycles. The van der Waals surface area contributed by atoms with Crippen molar-refractivity contribution >= 4 is 0 Å². The van der Waals surface area contributed by atoms with Crippen LogP contribution in [0.5, 0.6) is 5.75 Å². The fourth-order valence-electron chi connectivity index (χ4n) is 1.37. The lowest BCUT2D eigenvalue weighted by Gasteiger charge is -2.18. The Hall–Kier alpha value is -1.82. The van der Waals surface area contributed by atoms with Gasteiger partial charge in [0, 0.05) is 17.0 Å². The molecule has 0 aliphatic carbocycles. The van der Waals surface area contributed by atoms with Crippen LogP contribution in [0.3, 0.4) is 0 Å². The second-order valence-electron chi connectivity index (χ2n) is 3.43. The number of para-hydroxylation sites is 1. The molecule has 0 aliphatic heterocycles. The van der Waals surface area contributed by atoms with Gasteiger partial charge in [0.05, 0.1) is 6.10 Å². The molecular weight excluding hydrogens is 229 g/mol. The molecule has 1 rings (SSSR count). The third-order valence-corrected chi connectivity index (χ3v) is 2.29. The van der Waals surface area contributed by atoms with Crippen molar-refractivity contribution in [3.63, 3.8) is 0 Å². The number of halogens is 1. The highest BCUT2D eigenvalue weighted by Gasteiger charge is 2.22. The molecule has 0 aromatic heterocycles. The van der Waals surface area contributed by atoms with E-state index in [1.54, 1.807) is 0 Å². The Labute approximate surface area is 96.6 Å². The first-order valence-corrected chi connectivity index (χ1v) is 4.92. The summed E-state index contributed by atoms with van der Waals surface area (Å²) in [5.74, 6) is -1.56. The number of aliphatic hydroxyl groups excluding tert-OH is 2. The van der Waals surface area contributed by atoms with E-state index in [1.807, 2.05) is 0 Å². The second kappa shape index (κ2) is 6.05. The van der Waals surface area contributed by atoms with Crippen molar-refractivity contribution in [1.82, 2.24) is 0 Å². The summed E-state index contributed by atoms with van der Waals surface area (Å²) in [5, 5.41) is 31.8. The first-order chi connectivity index (χ1) is 8.07. The molecule has 0 amide bonds. The first-order valence-electron chi connectivity index (χ1n) is 4.92. The average Bonchev–Trinajstić information content (AvgIpc) is 2.32. The molecule has 17 heavy (non-hydrogen) atoms. The Morgan fingerprint density at radius 3 is 2.76 bits per heavy atom. The Morgan fingerprint density at radius 1 is 1.41 bits per heavy atom. The Kier molecular flexibility index (Phi) is 4.71. The van der Waals surface area contributed by atoms with Crippen LogP contribution in [0.1, 0.15) is 18.1 Å². The fraction of sp³-hybridized carbons (Fsp3) is 0.400. The van der Waals surface area contributed by atoms with E-state index in [-0.39, 0.29) is 18.5 Å². The zero-order chi connectivity index (χ0) is 12.8.